The number of thiocarbonyl (C=S) groups is 1. The smallest absolute Gasteiger partial charge is 0.171 e. The molecule has 0 radical (unpaired) electrons. The SMILES string of the molecule is Cc1cccc(C)c1NC(=S)N[C@@H]1CCCc2c1cnn2C. The number of nitrogens with zero attached hydrogens (tertiary/aromatic N) is 2. The summed E-state index contributed by atoms with van der Waals surface area (Å²) < 4.78 is 1.98. The third kappa shape index (κ3) is 2.86. The molecule has 5 heteroatoms. The molecule has 4 nitrogen and oxygen atoms in total. The normalized spacial score (nSPS) is 17.0. The van der Waals surface area contributed by atoms with Crippen LogP contribution in [-0.4, -0.2) is 14.9 Å². The molecule has 0 unspecified atom stereocenters. The fraction of sp³-hybridized carbons (Fsp3) is 0.412. The maximum Gasteiger partial charge on any atom is 0.171 e. The van der Waals surface area contributed by atoms with Gasteiger partial charge in [0.05, 0.1) is 12.2 Å². The van der Waals surface area contributed by atoms with Crippen molar-refractivity contribution in [2.24, 2.45) is 7.05 Å². The summed E-state index contributed by atoms with van der Waals surface area (Å²) in [5.41, 5.74) is 6.10. The van der Waals surface area contributed by atoms with Gasteiger partial charge in [-0.05, 0) is 56.5 Å². The van der Waals surface area contributed by atoms with Crippen molar-refractivity contribution in [1.29, 1.82) is 0 Å². The Morgan fingerprint density at radius 1 is 1.32 bits per heavy atom. The fourth-order valence-corrected chi connectivity index (χ4v) is 3.42. The number of aromatic nitrogens is 2. The minimum Gasteiger partial charge on any atom is -0.356 e. The molecule has 0 amide bonds. The van der Waals surface area contributed by atoms with Crippen LogP contribution in [0.5, 0.6) is 0 Å². The summed E-state index contributed by atoms with van der Waals surface area (Å²) in [6.07, 6.45) is 5.32. The van der Waals surface area contributed by atoms with Gasteiger partial charge >= 0.3 is 0 Å². The molecule has 0 saturated heterocycles. The van der Waals surface area contributed by atoms with Crippen molar-refractivity contribution in [2.75, 3.05) is 5.32 Å². The molecule has 2 aromatic rings. The first-order chi connectivity index (χ1) is 10.6. The summed E-state index contributed by atoms with van der Waals surface area (Å²) in [5, 5.41) is 11.9. The molecular formula is C17H22N4S. The van der Waals surface area contributed by atoms with Crippen LogP contribution in [0.1, 0.15) is 41.3 Å². The van der Waals surface area contributed by atoms with Crippen molar-refractivity contribution < 1.29 is 0 Å². The molecule has 116 valence electrons. The van der Waals surface area contributed by atoms with Gasteiger partial charge in [-0.1, -0.05) is 18.2 Å². The van der Waals surface area contributed by atoms with E-state index in [2.05, 4.69) is 47.8 Å². The lowest BCUT2D eigenvalue weighted by atomic mass is 9.93. The highest BCUT2D eigenvalue weighted by Crippen LogP contribution is 2.29. The average molecular weight is 314 g/mol. The van der Waals surface area contributed by atoms with E-state index in [1.54, 1.807) is 0 Å². The maximum atomic E-state index is 5.52. The van der Waals surface area contributed by atoms with Gasteiger partial charge in [0.25, 0.3) is 0 Å². The Morgan fingerprint density at radius 3 is 2.77 bits per heavy atom. The summed E-state index contributed by atoms with van der Waals surface area (Å²) in [6.45, 7) is 4.19. The van der Waals surface area contributed by atoms with Gasteiger partial charge in [-0.3, -0.25) is 4.68 Å². The number of benzene rings is 1. The zero-order valence-electron chi connectivity index (χ0n) is 13.3. The van der Waals surface area contributed by atoms with Crippen LogP contribution in [0.15, 0.2) is 24.4 Å². The Balaban J connectivity index is 1.73. The van der Waals surface area contributed by atoms with E-state index in [1.165, 1.54) is 22.4 Å². The topological polar surface area (TPSA) is 41.9 Å². The quantitative estimate of drug-likeness (QED) is 0.834. The first kappa shape index (κ1) is 15.0. The van der Waals surface area contributed by atoms with E-state index in [4.69, 9.17) is 12.2 Å². The molecule has 1 aliphatic carbocycles. The van der Waals surface area contributed by atoms with Crippen molar-refractivity contribution in [3.05, 3.63) is 46.8 Å². The average Bonchev–Trinajstić information content (AvgIpc) is 2.86. The first-order valence-electron chi connectivity index (χ1n) is 7.70. The lowest BCUT2D eigenvalue weighted by molar-refractivity contribution is 0.514. The zero-order chi connectivity index (χ0) is 15.7. The molecule has 0 fully saturated rings. The molecule has 0 aliphatic heterocycles. The lowest BCUT2D eigenvalue weighted by Gasteiger charge is -2.25. The standard InChI is InChI=1S/C17H22N4S/c1-11-6-4-7-12(2)16(11)20-17(22)19-14-8-5-9-15-13(14)10-18-21(15)3/h4,6-7,10,14H,5,8-9H2,1-3H3,(H2,19,20,22)/t14-/m1/s1. The van der Waals surface area contributed by atoms with Crippen molar-refractivity contribution in [2.45, 2.75) is 39.2 Å². The van der Waals surface area contributed by atoms with E-state index in [9.17, 15) is 0 Å². The van der Waals surface area contributed by atoms with Gasteiger partial charge in [0.2, 0.25) is 0 Å². The molecule has 2 N–H and O–H groups in total. The maximum absolute atomic E-state index is 5.52. The summed E-state index contributed by atoms with van der Waals surface area (Å²) in [4.78, 5) is 0. The van der Waals surface area contributed by atoms with Gasteiger partial charge in [-0.2, -0.15) is 5.10 Å². The van der Waals surface area contributed by atoms with Crippen LogP contribution in [0, 0.1) is 13.8 Å². The van der Waals surface area contributed by atoms with Crippen LogP contribution < -0.4 is 10.6 Å². The first-order valence-corrected chi connectivity index (χ1v) is 8.11. The molecule has 1 aliphatic rings. The lowest BCUT2D eigenvalue weighted by Crippen LogP contribution is -2.34. The van der Waals surface area contributed by atoms with E-state index in [0.717, 1.165) is 24.9 Å². The molecular weight excluding hydrogens is 292 g/mol. The van der Waals surface area contributed by atoms with Gasteiger partial charge in [0, 0.05) is 24.0 Å². The molecule has 1 aromatic heterocycles. The van der Waals surface area contributed by atoms with E-state index in [-0.39, 0.29) is 6.04 Å². The molecule has 0 saturated carbocycles. The highest BCUT2D eigenvalue weighted by molar-refractivity contribution is 7.80. The number of aryl methyl sites for hydroxylation is 3. The number of anilines is 1. The van der Waals surface area contributed by atoms with Crippen molar-refractivity contribution in [3.63, 3.8) is 0 Å². The van der Waals surface area contributed by atoms with Crippen LogP contribution in [0.2, 0.25) is 0 Å². The second kappa shape index (κ2) is 6.08. The van der Waals surface area contributed by atoms with E-state index >= 15 is 0 Å². The second-order valence-electron chi connectivity index (χ2n) is 5.98. The van der Waals surface area contributed by atoms with Gasteiger partial charge in [0.15, 0.2) is 5.11 Å². The molecule has 0 spiro atoms. The Bertz CT molecular complexity index is 684. The van der Waals surface area contributed by atoms with Crippen molar-refractivity contribution >= 4 is 23.0 Å². The van der Waals surface area contributed by atoms with Gasteiger partial charge < -0.3 is 10.6 Å². The molecule has 1 aromatic carbocycles. The minimum atomic E-state index is 0.252. The number of para-hydroxylation sites is 1. The molecule has 1 heterocycles. The number of rotatable bonds is 2. The van der Waals surface area contributed by atoms with Crippen LogP contribution in [0.25, 0.3) is 0 Å². The van der Waals surface area contributed by atoms with E-state index in [1.807, 2.05) is 17.9 Å². The number of hydrogen-bond acceptors (Lipinski definition) is 2. The second-order valence-corrected chi connectivity index (χ2v) is 6.39. The van der Waals surface area contributed by atoms with Crippen LogP contribution >= 0.6 is 12.2 Å². The molecule has 1 atom stereocenters. The number of fused-ring (bicyclic) bond motifs is 1. The Morgan fingerprint density at radius 2 is 2.05 bits per heavy atom. The van der Waals surface area contributed by atoms with Crippen LogP contribution in [-0.2, 0) is 13.5 Å². The third-order valence-electron chi connectivity index (χ3n) is 4.40. The highest BCUT2D eigenvalue weighted by atomic mass is 32.1. The van der Waals surface area contributed by atoms with Gasteiger partial charge in [-0.15, -0.1) is 0 Å². The van der Waals surface area contributed by atoms with Gasteiger partial charge in [-0.25, -0.2) is 0 Å². The minimum absolute atomic E-state index is 0.252. The Kier molecular flexibility index (Phi) is 4.16. The highest BCUT2D eigenvalue weighted by Gasteiger charge is 2.24. The summed E-state index contributed by atoms with van der Waals surface area (Å²) in [7, 11) is 2.01. The molecule has 0 bridgehead atoms. The zero-order valence-corrected chi connectivity index (χ0v) is 14.1. The number of nitrogens with one attached hydrogen (secondary N) is 2. The third-order valence-corrected chi connectivity index (χ3v) is 4.62. The largest absolute Gasteiger partial charge is 0.356 e. The summed E-state index contributed by atoms with van der Waals surface area (Å²) >= 11 is 5.52. The Hall–Kier alpha value is -1.88. The predicted octanol–water partition coefficient (Wildman–Crippen LogP) is 3.40. The van der Waals surface area contributed by atoms with E-state index in [0.29, 0.717) is 5.11 Å². The van der Waals surface area contributed by atoms with Crippen molar-refractivity contribution in [1.82, 2.24) is 15.1 Å². The summed E-state index contributed by atoms with van der Waals surface area (Å²) in [5.74, 6) is 0. The molecule has 22 heavy (non-hydrogen) atoms. The van der Waals surface area contributed by atoms with Crippen molar-refractivity contribution in [3.8, 4) is 0 Å². The molecule has 3 rings (SSSR count). The number of hydrogen-bond donors (Lipinski definition) is 2. The van der Waals surface area contributed by atoms with Crippen LogP contribution in [0.4, 0.5) is 5.69 Å². The van der Waals surface area contributed by atoms with Gasteiger partial charge in [0.1, 0.15) is 0 Å². The van der Waals surface area contributed by atoms with E-state index < -0.39 is 0 Å². The van der Waals surface area contributed by atoms with Crippen LogP contribution in [0.3, 0.4) is 0 Å². The Labute approximate surface area is 136 Å². The summed E-state index contributed by atoms with van der Waals surface area (Å²) in [6, 6.07) is 6.51. The monoisotopic (exact) mass is 314 g/mol. The predicted molar refractivity (Wildman–Crippen MR) is 94.2 cm³/mol. The fourth-order valence-electron chi connectivity index (χ4n) is 3.18.